The third kappa shape index (κ3) is 2.65. The van der Waals surface area contributed by atoms with Crippen LogP contribution < -0.4 is 5.32 Å². The van der Waals surface area contributed by atoms with Crippen LogP contribution in [-0.4, -0.2) is 35.3 Å². The molecule has 4 aliphatic rings. The van der Waals surface area contributed by atoms with Crippen molar-refractivity contribution in [3.8, 4) is 6.07 Å². The number of nitrogens with one attached hydrogen (secondary N) is 1. The molecule has 0 aromatic heterocycles. The van der Waals surface area contributed by atoms with Gasteiger partial charge in [0.05, 0.1) is 6.07 Å². The van der Waals surface area contributed by atoms with E-state index in [-0.39, 0.29) is 17.2 Å². The Balaban J connectivity index is 1.42. The Morgan fingerprint density at radius 2 is 1.80 bits per heavy atom. The van der Waals surface area contributed by atoms with Gasteiger partial charge in [-0.2, -0.15) is 5.26 Å². The topological polar surface area (TPSA) is 73.2 Å². The molecule has 0 unspecified atom stereocenters. The lowest BCUT2D eigenvalue weighted by Crippen LogP contribution is -2.56. The number of nitrogens with zero attached hydrogens (tertiary/aromatic N) is 2. The third-order valence-corrected chi connectivity index (χ3v) is 7.32. The van der Waals surface area contributed by atoms with Crippen LogP contribution >= 0.6 is 0 Å². The first-order valence-corrected chi connectivity index (χ1v) is 10.1. The van der Waals surface area contributed by atoms with Crippen molar-refractivity contribution in [1.82, 2.24) is 10.2 Å². The zero-order valence-corrected chi connectivity index (χ0v) is 15.1. The normalized spacial score (nSPS) is 34.8. The highest BCUT2D eigenvalue weighted by Crippen LogP contribution is 2.71. The van der Waals surface area contributed by atoms with Gasteiger partial charge < -0.3 is 10.2 Å². The van der Waals surface area contributed by atoms with E-state index in [4.69, 9.17) is 0 Å². The molecule has 136 valence electrons. The van der Waals surface area contributed by atoms with Gasteiger partial charge in [0.2, 0.25) is 11.8 Å². The Bertz CT molecular complexity index is 599. The van der Waals surface area contributed by atoms with Gasteiger partial charge in [-0.1, -0.05) is 32.1 Å². The van der Waals surface area contributed by atoms with E-state index in [1.165, 1.54) is 19.3 Å². The van der Waals surface area contributed by atoms with E-state index < -0.39 is 11.5 Å². The van der Waals surface area contributed by atoms with Crippen LogP contribution in [0.25, 0.3) is 0 Å². The van der Waals surface area contributed by atoms with Crippen molar-refractivity contribution < 1.29 is 9.59 Å². The molecule has 1 spiro atoms. The molecule has 2 amide bonds. The fourth-order valence-electron chi connectivity index (χ4n) is 5.72. The van der Waals surface area contributed by atoms with Gasteiger partial charge in [0.25, 0.3) is 0 Å². The zero-order valence-electron chi connectivity index (χ0n) is 15.1. The van der Waals surface area contributed by atoms with E-state index in [0.717, 1.165) is 51.5 Å². The molecule has 5 heteroatoms. The predicted molar refractivity (Wildman–Crippen MR) is 93.3 cm³/mol. The molecule has 2 atom stereocenters. The molecule has 1 saturated heterocycles. The first-order chi connectivity index (χ1) is 12.1. The van der Waals surface area contributed by atoms with Crippen LogP contribution in [0.3, 0.4) is 0 Å². The lowest BCUT2D eigenvalue weighted by molar-refractivity contribution is -0.142. The molecule has 1 aliphatic heterocycles. The number of hydrogen-bond donors (Lipinski definition) is 1. The molecular formula is C20H29N3O2. The molecule has 1 N–H and O–H groups in total. The lowest BCUT2D eigenvalue weighted by Gasteiger charge is -2.40. The maximum Gasteiger partial charge on any atom is 0.245 e. The number of amides is 2. The number of rotatable bonds is 3. The molecular weight excluding hydrogens is 314 g/mol. The first kappa shape index (κ1) is 16.9. The van der Waals surface area contributed by atoms with Crippen LogP contribution in [0.1, 0.15) is 77.0 Å². The van der Waals surface area contributed by atoms with Crippen molar-refractivity contribution in [2.24, 2.45) is 10.8 Å². The summed E-state index contributed by atoms with van der Waals surface area (Å²) in [5, 5.41) is 12.7. The molecule has 0 aromatic carbocycles. The van der Waals surface area contributed by atoms with E-state index in [1.54, 1.807) is 0 Å². The second-order valence-electron chi connectivity index (χ2n) is 8.67. The van der Waals surface area contributed by atoms with Gasteiger partial charge in [0.1, 0.15) is 11.5 Å². The molecule has 0 bridgehead atoms. The van der Waals surface area contributed by atoms with Gasteiger partial charge in [0.15, 0.2) is 0 Å². The van der Waals surface area contributed by atoms with Crippen LogP contribution in [-0.2, 0) is 9.59 Å². The number of likely N-dealkylation sites (tertiary alicyclic amines) is 1. The number of carbonyl (C=O) groups excluding carboxylic acids is 2. The van der Waals surface area contributed by atoms with Gasteiger partial charge >= 0.3 is 0 Å². The summed E-state index contributed by atoms with van der Waals surface area (Å²) >= 11 is 0. The fraction of sp³-hybridized carbons (Fsp3) is 0.850. The molecule has 0 aromatic rings. The number of piperidine rings is 1. The molecule has 4 rings (SSSR count). The Morgan fingerprint density at radius 1 is 1.08 bits per heavy atom. The van der Waals surface area contributed by atoms with Gasteiger partial charge in [-0.25, -0.2) is 0 Å². The highest BCUT2D eigenvalue weighted by Gasteiger charge is 2.73. The average Bonchev–Trinajstić information content (AvgIpc) is 3.03. The summed E-state index contributed by atoms with van der Waals surface area (Å²) in [4.78, 5) is 27.9. The van der Waals surface area contributed by atoms with Crippen LogP contribution in [0.2, 0.25) is 0 Å². The summed E-state index contributed by atoms with van der Waals surface area (Å²) in [7, 11) is 0. The van der Waals surface area contributed by atoms with Crippen LogP contribution in [0.5, 0.6) is 0 Å². The minimum absolute atomic E-state index is 0.0840. The molecule has 3 aliphatic carbocycles. The predicted octanol–water partition coefficient (Wildman–Crippen LogP) is 2.90. The Morgan fingerprint density at radius 3 is 2.48 bits per heavy atom. The highest BCUT2D eigenvalue weighted by molar-refractivity contribution is 5.94. The lowest BCUT2D eigenvalue weighted by atomic mass is 9.90. The van der Waals surface area contributed by atoms with E-state index in [1.807, 2.05) is 4.90 Å². The summed E-state index contributed by atoms with van der Waals surface area (Å²) in [6.07, 6.45) is 12.4. The monoisotopic (exact) mass is 343 g/mol. The van der Waals surface area contributed by atoms with Crippen LogP contribution in [0, 0.1) is 22.2 Å². The van der Waals surface area contributed by atoms with Crippen molar-refractivity contribution in [1.29, 1.82) is 5.26 Å². The quantitative estimate of drug-likeness (QED) is 0.856. The Kier molecular flexibility index (Phi) is 4.25. The third-order valence-electron chi connectivity index (χ3n) is 7.32. The maximum absolute atomic E-state index is 12.9. The summed E-state index contributed by atoms with van der Waals surface area (Å²) in [6.45, 7) is 0.823. The zero-order chi connectivity index (χ0) is 17.5. The molecule has 5 nitrogen and oxygen atoms in total. The van der Waals surface area contributed by atoms with Gasteiger partial charge in [0, 0.05) is 18.0 Å². The molecule has 25 heavy (non-hydrogen) atoms. The number of carbonyl (C=O) groups is 2. The molecule has 1 heterocycles. The second kappa shape index (κ2) is 6.30. The SMILES string of the molecule is N#C[C@]1(C(=O)N[C@@H]2CCCN(C3CCCCC3)C2=O)CC12CCCC2. The van der Waals surface area contributed by atoms with Gasteiger partial charge in [-0.3, -0.25) is 9.59 Å². The van der Waals surface area contributed by atoms with Crippen molar-refractivity contribution in [2.75, 3.05) is 6.54 Å². The summed E-state index contributed by atoms with van der Waals surface area (Å²) < 4.78 is 0. The Hall–Kier alpha value is -1.57. The van der Waals surface area contributed by atoms with Crippen molar-refractivity contribution in [3.05, 3.63) is 0 Å². The summed E-state index contributed by atoms with van der Waals surface area (Å²) in [5.74, 6) is -0.0959. The van der Waals surface area contributed by atoms with Crippen molar-refractivity contribution in [3.63, 3.8) is 0 Å². The molecule has 3 saturated carbocycles. The number of nitriles is 1. The smallest absolute Gasteiger partial charge is 0.245 e. The Labute approximate surface area is 150 Å². The van der Waals surface area contributed by atoms with Crippen molar-refractivity contribution >= 4 is 11.8 Å². The average molecular weight is 343 g/mol. The number of hydrogen-bond acceptors (Lipinski definition) is 3. The van der Waals surface area contributed by atoms with E-state index in [0.29, 0.717) is 18.9 Å². The first-order valence-electron chi connectivity index (χ1n) is 10.1. The van der Waals surface area contributed by atoms with Crippen LogP contribution in [0.4, 0.5) is 0 Å². The van der Waals surface area contributed by atoms with Gasteiger partial charge in [-0.05, 0) is 44.9 Å². The van der Waals surface area contributed by atoms with Crippen LogP contribution in [0.15, 0.2) is 0 Å². The minimum Gasteiger partial charge on any atom is -0.343 e. The largest absolute Gasteiger partial charge is 0.343 e. The van der Waals surface area contributed by atoms with E-state index >= 15 is 0 Å². The minimum atomic E-state index is -0.864. The standard InChI is InChI=1S/C20H29N3O2/c21-14-20(13-19(20)10-4-5-11-19)18(25)22-16-9-6-12-23(17(16)24)15-7-2-1-3-8-15/h15-16H,1-13H2,(H,22,25)/t16-,20+/m1/s1. The summed E-state index contributed by atoms with van der Waals surface area (Å²) in [5.41, 5.74) is -0.955. The van der Waals surface area contributed by atoms with Crippen molar-refractivity contribution in [2.45, 2.75) is 89.1 Å². The van der Waals surface area contributed by atoms with E-state index in [2.05, 4.69) is 11.4 Å². The molecule has 0 radical (unpaired) electrons. The van der Waals surface area contributed by atoms with E-state index in [9.17, 15) is 14.9 Å². The second-order valence-corrected chi connectivity index (χ2v) is 8.67. The summed E-state index contributed by atoms with van der Waals surface area (Å²) in [6, 6.07) is 2.26. The van der Waals surface area contributed by atoms with Gasteiger partial charge in [-0.15, -0.1) is 0 Å². The molecule has 4 fully saturated rings. The fourth-order valence-corrected chi connectivity index (χ4v) is 5.72. The maximum atomic E-state index is 12.9. The highest BCUT2D eigenvalue weighted by atomic mass is 16.2.